The molecule has 0 aliphatic heterocycles. The Balaban J connectivity index is 2.22. The number of hydrogen-bond acceptors (Lipinski definition) is 4. The first kappa shape index (κ1) is 13.7. The van der Waals surface area contributed by atoms with Crippen molar-refractivity contribution in [2.75, 3.05) is 11.1 Å². The Bertz CT molecular complexity index is 654. The number of nitrogens with zero attached hydrogens (tertiary/aromatic N) is 2. The molecule has 2 aromatic rings. The van der Waals surface area contributed by atoms with Crippen molar-refractivity contribution in [3.8, 4) is 6.07 Å². The zero-order valence-corrected chi connectivity index (χ0v) is 10.1. The van der Waals surface area contributed by atoms with E-state index in [1.165, 1.54) is 18.3 Å². The van der Waals surface area contributed by atoms with E-state index in [0.717, 1.165) is 12.1 Å². The molecule has 0 fully saturated rings. The highest BCUT2D eigenvalue weighted by atomic mass is 19.4. The molecule has 8 heteroatoms. The fourth-order valence-electron chi connectivity index (χ4n) is 1.65. The van der Waals surface area contributed by atoms with E-state index in [1.54, 1.807) is 0 Å². The molecule has 0 saturated heterocycles. The minimum Gasteiger partial charge on any atom is -0.384 e. The molecule has 2 rings (SSSR count). The zero-order valence-electron chi connectivity index (χ0n) is 10.1. The molecule has 0 spiro atoms. The molecule has 1 aromatic carbocycles. The molecule has 0 aliphatic carbocycles. The Labute approximate surface area is 112 Å². The number of aromatic amines is 1. The monoisotopic (exact) mass is 281 g/mol. The molecule has 1 aromatic heterocycles. The minimum atomic E-state index is -4.57. The van der Waals surface area contributed by atoms with E-state index in [2.05, 4.69) is 15.5 Å². The number of hydrogen-bond donors (Lipinski definition) is 3. The fraction of sp³-hybridized carbons (Fsp3) is 0.167. The molecule has 0 radical (unpaired) electrons. The van der Waals surface area contributed by atoms with Crippen molar-refractivity contribution < 1.29 is 13.2 Å². The Morgan fingerprint density at radius 2 is 2.15 bits per heavy atom. The predicted octanol–water partition coefficient (Wildman–Crippen LogP) is 2.49. The summed E-state index contributed by atoms with van der Waals surface area (Å²) >= 11 is 0. The van der Waals surface area contributed by atoms with Gasteiger partial charge in [0.15, 0.2) is 0 Å². The van der Waals surface area contributed by atoms with Crippen molar-refractivity contribution in [1.29, 1.82) is 5.26 Å². The van der Waals surface area contributed by atoms with Crippen LogP contribution in [0.25, 0.3) is 0 Å². The standard InChI is InChI=1S/C12H10F3N5/c13-12(14,15)10-3-9(2-1-7(10)4-16)18-5-8-6-19-20-11(8)17/h1-3,6,18H,5H2,(H3,17,19,20). The van der Waals surface area contributed by atoms with Crippen LogP contribution in [0.2, 0.25) is 0 Å². The Morgan fingerprint density at radius 1 is 1.40 bits per heavy atom. The average molecular weight is 281 g/mol. The lowest BCUT2D eigenvalue weighted by molar-refractivity contribution is -0.137. The number of rotatable bonds is 3. The van der Waals surface area contributed by atoms with Crippen molar-refractivity contribution >= 4 is 11.5 Å². The number of halogens is 3. The van der Waals surface area contributed by atoms with Gasteiger partial charge in [-0.05, 0) is 18.2 Å². The van der Waals surface area contributed by atoms with Gasteiger partial charge in [-0.2, -0.15) is 23.5 Å². The van der Waals surface area contributed by atoms with Crippen LogP contribution in [-0.4, -0.2) is 10.2 Å². The van der Waals surface area contributed by atoms with E-state index in [4.69, 9.17) is 11.0 Å². The van der Waals surface area contributed by atoms with Gasteiger partial charge in [0.2, 0.25) is 0 Å². The summed E-state index contributed by atoms with van der Waals surface area (Å²) in [7, 11) is 0. The third kappa shape index (κ3) is 2.83. The second-order valence-corrected chi connectivity index (χ2v) is 4.03. The van der Waals surface area contributed by atoms with Gasteiger partial charge in [0.1, 0.15) is 5.82 Å². The number of anilines is 2. The summed E-state index contributed by atoms with van der Waals surface area (Å²) in [5.41, 5.74) is 5.08. The van der Waals surface area contributed by atoms with E-state index in [9.17, 15) is 13.2 Å². The van der Waals surface area contributed by atoms with Crippen LogP contribution < -0.4 is 11.1 Å². The molecule has 0 aliphatic rings. The molecule has 104 valence electrons. The Morgan fingerprint density at radius 3 is 2.70 bits per heavy atom. The summed E-state index contributed by atoms with van der Waals surface area (Å²) in [6.45, 7) is 0.228. The largest absolute Gasteiger partial charge is 0.417 e. The van der Waals surface area contributed by atoms with Gasteiger partial charge in [-0.25, -0.2) is 0 Å². The quantitative estimate of drug-likeness (QED) is 0.806. The van der Waals surface area contributed by atoms with Crippen LogP contribution in [0.15, 0.2) is 24.4 Å². The first-order valence-electron chi connectivity index (χ1n) is 5.54. The van der Waals surface area contributed by atoms with E-state index in [0.29, 0.717) is 11.4 Å². The maximum absolute atomic E-state index is 12.8. The topological polar surface area (TPSA) is 90.5 Å². The maximum atomic E-state index is 12.8. The van der Waals surface area contributed by atoms with Crippen LogP contribution in [0, 0.1) is 11.3 Å². The minimum absolute atomic E-state index is 0.228. The summed E-state index contributed by atoms with van der Waals surface area (Å²) in [5, 5.41) is 17.7. The second-order valence-electron chi connectivity index (χ2n) is 4.03. The molecule has 0 saturated carbocycles. The number of benzene rings is 1. The molecule has 5 nitrogen and oxygen atoms in total. The number of nitrogens with two attached hydrogens (primary N) is 1. The number of nitriles is 1. The lowest BCUT2D eigenvalue weighted by atomic mass is 10.1. The van der Waals surface area contributed by atoms with Crippen molar-refractivity contribution in [2.24, 2.45) is 0 Å². The highest BCUT2D eigenvalue weighted by Gasteiger charge is 2.33. The summed E-state index contributed by atoms with van der Waals surface area (Å²) in [6.07, 6.45) is -3.09. The lowest BCUT2D eigenvalue weighted by Gasteiger charge is -2.12. The summed E-state index contributed by atoms with van der Waals surface area (Å²) in [6, 6.07) is 4.96. The number of H-pyrrole nitrogens is 1. The maximum Gasteiger partial charge on any atom is 0.417 e. The number of nitrogens with one attached hydrogen (secondary N) is 2. The van der Waals surface area contributed by atoms with E-state index < -0.39 is 17.3 Å². The van der Waals surface area contributed by atoms with Gasteiger partial charge in [-0.3, -0.25) is 5.10 Å². The first-order valence-corrected chi connectivity index (χ1v) is 5.54. The van der Waals surface area contributed by atoms with Crippen LogP contribution >= 0.6 is 0 Å². The lowest BCUT2D eigenvalue weighted by Crippen LogP contribution is -2.09. The third-order valence-electron chi connectivity index (χ3n) is 2.68. The summed E-state index contributed by atoms with van der Waals surface area (Å²) < 4.78 is 38.3. The molecule has 1 heterocycles. The number of alkyl halides is 3. The Kier molecular flexibility index (Phi) is 3.52. The molecule has 0 amide bonds. The normalized spacial score (nSPS) is 11.1. The van der Waals surface area contributed by atoms with Gasteiger partial charge in [0, 0.05) is 17.8 Å². The average Bonchev–Trinajstić information content (AvgIpc) is 2.80. The molecule has 0 unspecified atom stereocenters. The smallest absolute Gasteiger partial charge is 0.384 e. The SMILES string of the molecule is N#Cc1ccc(NCc2cn[nH]c2N)cc1C(F)(F)F. The van der Waals surface area contributed by atoms with Gasteiger partial charge < -0.3 is 11.1 Å². The number of nitrogen functional groups attached to an aromatic ring is 1. The molecule has 20 heavy (non-hydrogen) atoms. The van der Waals surface area contributed by atoms with Crippen LogP contribution in [0.1, 0.15) is 16.7 Å². The fourth-order valence-corrected chi connectivity index (χ4v) is 1.65. The predicted molar refractivity (Wildman–Crippen MR) is 66.5 cm³/mol. The highest BCUT2D eigenvalue weighted by Crippen LogP contribution is 2.33. The third-order valence-corrected chi connectivity index (χ3v) is 2.68. The molecular formula is C12H10F3N5. The molecule has 0 atom stereocenters. The van der Waals surface area contributed by atoms with Crippen LogP contribution in [0.5, 0.6) is 0 Å². The van der Waals surface area contributed by atoms with Crippen molar-refractivity contribution in [3.63, 3.8) is 0 Å². The van der Waals surface area contributed by atoms with E-state index >= 15 is 0 Å². The van der Waals surface area contributed by atoms with Crippen LogP contribution in [0.3, 0.4) is 0 Å². The van der Waals surface area contributed by atoms with Gasteiger partial charge in [0.25, 0.3) is 0 Å². The van der Waals surface area contributed by atoms with Gasteiger partial charge in [-0.15, -0.1) is 0 Å². The van der Waals surface area contributed by atoms with Gasteiger partial charge in [0.05, 0.1) is 23.4 Å². The molecule has 4 N–H and O–H groups in total. The summed E-state index contributed by atoms with van der Waals surface area (Å²) in [5.74, 6) is 0.349. The summed E-state index contributed by atoms with van der Waals surface area (Å²) in [4.78, 5) is 0. The number of aromatic nitrogens is 2. The van der Waals surface area contributed by atoms with Crippen LogP contribution in [0.4, 0.5) is 24.7 Å². The Hall–Kier alpha value is -2.69. The second kappa shape index (κ2) is 5.13. The first-order chi connectivity index (χ1) is 9.41. The van der Waals surface area contributed by atoms with Crippen LogP contribution in [-0.2, 0) is 12.7 Å². The highest BCUT2D eigenvalue weighted by molar-refractivity contribution is 5.54. The van der Waals surface area contributed by atoms with E-state index in [-0.39, 0.29) is 12.2 Å². The van der Waals surface area contributed by atoms with Gasteiger partial charge >= 0.3 is 6.18 Å². The van der Waals surface area contributed by atoms with Gasteiger partial charge in [-0.1, -0.05) is 0 Å². The zero-order chi connectivity index (χ0) is 14.8. The molecular weight excluding hydrogens is 271 g/mol. The van der Waals surface area contributed by atoms with Crippen molar-refractivity contribution in [3.05, 3.63) is 41.1 Å². The van der Waals surface area contributed by atoms with E-state index in [1.807, 2.05) is 0 Å². The molecule has 0 bridgehead atoms. The van der Waals surface area contributed by atoms with Crippen molar-refractivity contribution in [2.45, 2.75) is 12.7 Å². The van der Waals surface area contributed by atoms with Crippen molar-refractivity contribution in [1.82, 2.24) is 10.2 Å².